The van der Waals surface area contributed by atoms with Gasteiger partial charge in [-0.25, -0.2) is 0 Å². The van der Waals surface area contributed by atoms with Crippen LogP contribution >= 0.6 is 0 Å². The zero-order valence-electron chi connectivity index (χ0n) is 12.4. The molecule has 4 heteroatoms. The first-order valence-corrected chi connectivity index (χ1v) is 7.67. The van der Waals surface area contributed by atoms with Gasteiger partial charge in [-0.2, -0.15) is 0 Å². The highest BCUT2D eigenvalue weighted by Crippen LogP contribution is 2.20. The molecule has 2 N–H and O–H groups in total. The molecule has 0 aliphatic heterocycles. The lowest BCUT2D eigenvalue weighted by Crippen LogP contribution is -2.46. The Balaban J connectivity index is 1.73. The summed E-state index contributed by atoms with van der Waals surface area (Å²) in [5.41, 5.74) is 2.16. The van der Waals surface area contributed by atoms with Gasteiger partial charge < -0.3 is 15.0 Å². The molecular weight excluding hydrogens is 264 g/mol. The van der Waals surface area contributed by atoms with E-state index in [0.717, 1.165) is 42.3 Å². The minimum Gasteiger partial charge on any atom is -0.391 e. The molecule has 2 aromatic rings. The number of aliphatic hydroxyl groups excluding tert-OH is 1. The molecule has 1 heterocycles. The second-order valence-corrected chi connectivity index (χ2v) is 5.96. The van der Waals surface area contributed by atoms with E-state index in [2.05, 4.69) is 17.4 Å². The normalized spacial score (nSPS) is 22.4. The summed E-state index contributed by atoms with van der Waals surface area (Å²) in [4.78, 5) is 12.3. The highest BCUT2D eigenvalue weighted by Gasteiger charge is 2.24. The number of nitrogens with zero attached hydrogens (tertiary/aromatic N) is 1. The van der Waals surface area contributed by atoms with Crippen molar-refractivity contribution >= 4 is 16.8 Å². The number of nitrogens with one attached hydrogen (secondary N) is 1. The Bertz CT molecular complexity index is 647. The predicted octanol–water partition coefficient (Wildman–Crippen LogP) is 2.37. The molecular formula is C17H22N2O2. The molecule has 112 valence electrons. The Kier molecular flexibility index (Phi) is 3.97. The standard InChI is InChI=1S/C17H22N2O2/c1-12-10-13-6-2-4-8-15(13)19(12)11-17(21)18-14-7-3-5-9-16(14)20/h2,4,6,8,10,14,16,20H,3,5,7,9,11H2,1H3,(H,18,21)/t14-,16-/m0/s1. The number of hydrogen-bond acceptors (Lipinski definition) is 2. The number of fused-ring (bicyclic) bond motifs is 1. The lowest BCUT2D eigenvalue weighted by Gasteiger charge is -2.28. The van der Waals surface area contributed by atoms with Crippen molar-refractivity contribution in [2.75, 3.05) is 0 Å². The smallest absolute Gasteiger partial charge is 0.240 e. The second kappa shape index (κ2) is 5.90. The Hall–Kier alpha value is -1.81. The third-order valence-electron chi connectivity index (χ3n) is 4.40. The van der Waals surface area contributed by atoms with Gasteiger partial charge in [0.2, 0.25) is 5.91 Å². The van der Waals surface area contributed by atoms with Gasteiger partial charge in [-0.15, -0.1) is 0 Å². The monoisotopic (exact) mass is 286 g/mol. The molecule has 1 fully saturated rings. The number of hydrogen-bond donors (Lipinski definition) is 2. The van der Waals surface area contributed by atoms with E-state index in [9.17, 15) is 9.90 Å². The van der Waals surface area contributed by atoms with Crippen LogP contribution in [0.4, 0.5) is 0 Å². The summed E-state index contributed by atoms with van der Waals surface area (Å²) < 4.78 is 2.03. The molecule has 1 aliphatic rings. The van der Waals surface area contributed by atoms with Gasteiger partial charge in [0, 0.05) is 11.2 Å². The molecule has 0 spiro atoms. The van der Waals surface area contributed by atoms with Crippen LogP contribution in [-0.4, -0.2) is 27.7 Å². The van der Waals surface area contributed by atoms with Crippen LogP contribution in [0.5, 0.6) is 0 Å². The average molecular weight is 286 g/mol. The van der Waals surface area contributed by atoms with E-state index in [0.29, 0.717) is 6.54 Å². The van der Waals surface area contributed by atoms with E-state index in [1.165, 1.54) is 0 Å². The van der Waals surface area contributed by atoms with E-state index in [-0.39, 0.29) is 11.9 Å². The minimum absolute atomic E-state index is 0.0228. The first kappa shape index (κ1) is 14.1. The molecule has 1 aromatic heterocycles. The molecule has 4 nitrogen and oxygen atoms in total. The zero-order valence-corrected chi connectivity index (χ0v) is 12.4. The fraction of sp³-hybridized carbons (Fsp3) is 0.471. The summed E-state index contributed by atoms with van der Waals surface area (Å²) >= 11 is 0. The molecule has 1 amide bonds. The Labute approximate surface area is 124 Å². The van der Waals surface area contributed by atoms with Crippen LogP contribution in [0, 0.1) is 6.92 Å². The summed E-state index contributed by atoms with van der Waals surface area (Å²) in [6.45, 7) is 2.32. The Morgan fingerprint density at radius 1 is 1.33 bits per heavy atom. The second-order valence-electron chi connectivity index (χ2n) is 5.96. The average Bonchev–Trinajstić information content (AvgIpc) is 2.78. The lowest BCUT2D eigenvalue weighted by atomic mass is 9.92. The zero-order chi connectivity index (χ0) is 14.8. The molecule has 1 saturated carbocycles. The van der Waals surface area contributed by atoms with E-state index in [1.807, 2.05) is 29.7 Å². The van der Waals surface area contributed by atoms with Gasteiger partial charge in [0.05, 0.1) is 12.1 Å². The van der Waals surface area contributed by atoms with E-state index < -0.39 is 6.10 Å². The van der Waals surface area contributed by atoms with Crippen molar-refractivity contribution < 1.29 is 9.90 Å². The maximum absolute atomic E-state index is 12.3. The van der Waals surface area contributed by atoms with Crippen LogP contribution in [0.25, 0.3) is 10.9 Å². The molecule has 21 heavy (non-hydrogen) atoms. The highest BCUT2D eigenvalue weighted by atomic mass is 16.3. The number of amides is 1. The van der Waals surface area contributed by atoms with Crippen LogP contribution in [0.3, 0.4) is 0 Å². The number of carbonyl (C=O) groups is 1. The molecule has 3 rings (SSSR count). The van der Waals surface area contributed by atoms with E-state index >= 15 is 0 Å². The third-order valence-corrected chi connectivity index (χ3v) is 4.40. The van der Waals surface area contributed by atoms with Gasteiger partial charge in [-0.05, 0) is 37.3 Å². The minimum atomic E-state index is -0.398. The summed E-state index contributed by atoms with van der Waals surface area (Å²) in [7, 11) is 0. The van der Waals surface area contributed by atoms with Crippen LogP contribution in [0.15, 0.2) is 30.3 Å². The molecule has 0 radical (unpaired) electrons. The topological polar surface area (TPSA) is 54.3 Å². The molecule has 0 saturated heterocycles. The van der Waals surface area contributed by atoms with Crippen LogP contribution in [-0.2, 0) is 11.3 Å². The largest absolute Gasteiger partial charge is 0.391 e. The van der Waals surface area contributed by atoms with Gasteiger partial charge in [0.25, 0.3) is 0 Å². The molecule has 2 atom stereocenters. The van der Waals surface area contributed by atoms with Crippen LogP contribution in [0.2, 0.25) is 0 Å². The maximum atomic E-state index is 12.3. The summed E-state index contributed by atoms with van der Waals surface area (Å²) in [5.74, 6) is -0.0228. The Morgan fingerprint density at radius 2 is 2.10 bits per heavy atom. The number of para-hydroxylation sites is 1. The van der Waals surface area contributed by atoms with E-state index in [4.69, 9.17) is 0 Å². The van der Waals surface area contributed by atoms with Crippen molar-refractivity contribution in [3.8, 4) is 0 Å². The first-order valence-electron chi connectivity index (χ1n) is 7.67. The molecule has 0 bridgehead atoms. The van der Waals surface area contributed by atoms with Gasteiger partial charge in [0.1, 0.15) is 6.54 Å². The summed E-state index contributed by atoms with van der Waals surface area (Å²) in [6.07, 6.45) is 3.39. The van der Waals surface area contributed by atoms with Gasteiger partial charge in [0.15, 0.2) is 0 Å². The van der Waals surface area contributed by atoms with Crippen molar-refractivity contribution in [2.45, 2.75) is 51.3 Å². The summed E-state index contributed by atoms with van der Waals surface area (Å²) in [5, 5.41) is 14.1. The SMILES string of the molecule is Cc1cc2ccccc2n1CC(=O)N[C@H]1CCCC[C@@H]1O. The van der Waals surface area contributed by atoms with Crippen molar-refractivity contribution in [3.05, 3.63) is 36.0 Å². The first-order chi connectivity index (χ1) is 10.1. The lowest BCUT2D eigenvalue weighted by molar-refractivity contribution is -0.123. The maximum Gasteiger partial charge on any atom is 0.240 e. The van der Waals surface area contributed by atoms with Crippen LogP contribution in [0.1, 0.15) is 31.4 Å². The Morgan fingerprint density at radius 3 is 2.90 bits per heavy atom. The molecule has 1 aliphatic carbocycles. The van der Waals surface area contributed by atoms with Gasteiger partial charge >= 0.3 is 0 Å². The fourth-order valence-electron chi connectivity index (χ4n) is 3.23. The van der Waals surface area contributed by atoms with Gasteiger partial charge in [-0.3, -0.25) is 4.79 Å². The van der Waals surface area contributed by atoms with Gasteiger partial charge in [-0.1, -0.05) is 31.0 Å². The number of benzene rings is 1. The fourth-order valence-corrected chi connectivity index (χ4v) is 3.23. The van der Waals surface area contributed by atoms with Crippen molar-refractivity contribution in [1.29, 1.82) is 0 Å². The number of aliphatic hydroxyl groups is 1. The molecule has 1 aromatic carbocycles. The van der Waals surface area contributed by atoms with Crippen molar-refractivity contribution in [1.82, 2.24) is 9.88 Å². The molecule has 0 unspecified atom stereocenters. The number of aromatic nitrogens is 1. The van der Waals surface area contributed by atoms with Crippen LogP contribution < -0.4 is 5.32 Å². The number of rotatable bonds is 3. The third kappa shape index (κ3) is 2.95. The highest BCUT2D eigenvalue weighted by molar-refractivity contribution is 5.84. The quantitative estimate of drug-likeness (QED) is 0.910. The van der Waals surface area contributed by atoms with E-state index in [1.54, 1.807) is 0 Å². The summed E-state index contributed by atoms with van der Waals surface area (Å²) in [6, 6.07) is 10.1. The van der Waals surface area contributed by atoms with Crippen molar-refractivity contribution in [3.63, 3.8) is 0 Å². The van der Waals surface area contributed by atoms with Crippen molar-refractivity contribution in [2.24, 2.45) is 0 Å². The predicted molar refractivity (Wildman–Crippen MR) is 83.1 cm³/mol. The number of carbonyl (C=O) groups excluding carboxylic acids is 1. The number of aryl methyl sites for hydroxylation is 1.